The molecule has 2 saturated heterocycles. The SMILES string of the molecule is CCC(=O)O[C@@H]1[C@@H](COP(=O)(N[C@@H](C)C2OCCO2)Oc2ccccc2)O[C@@H](n2ccc(N)nc2=O)C1(F)F. The van der Waals surface area contributed by atoms with E-state index in [2.05, 4.69) is 10.1 Å². The molecule has 3 heterocycles. The van der Waals surface area contributed by atoms with E-state index in [-0.39, 0.29) is 18.0 Å². The van der Waals surface area contributed by atoms with Gasteiger partial charge in [0.1, 0.15) is 17.7 Å². The number of nitrogens with zero attached hydrogens (tertiary/aromatic N) is 2. The van der Waals surface area contributed by atoms with Gasteiger partial charge < -0.3 is 29.2 Å². The van der Waals surface area contributed by atoms with Crippen molar-refractivity contribution in [2.45, 2.75) is 57.0 Å². The van der Waals surface area contributed by atoms with Crippen molar-refractivity contribution in [2.75, 3.05) is 25.6 Å². The quantitative estimate of drug-likeness (QED) is 0.298. The van der Waals surface area contributed by atoms with Gasteiger partial charge in [-0.2, -0.15) is 13.8 Å². The highest BCUT2D eigenvalue weighted by atomic mass is 31.2. The second-order valence-electron chi connectivity index (χ2n) is 8.73. The first-order valence-corrected chi connectivity index (χ1v) is 13.6. The molecule has 0 bridgehead atoms. The summed E-state index contributed by atoms with van der Waals surface area (Å²) in [7, 11) is -4.29. The molecule has 5 atom stereocenters. The number of carbonyl (C=O) groups excluding carboxylic acids is 1. The molecular formula is C23H29F2N4O9P. The number of para-hydroxylation sites is 1. The van der Waals surface area contributed by atoms with Gasteiger partial charge in [-0.1, -0.05) is 25.1 Å². The monoisotopic (exact) mass is 574 g/mol. The zero-order valence-electron chi connectivity index (χ0n) is 21.1. The van der Waals surface area contributed by atoms with Gasteiger partial charge in [0.05, 0.1) is 25.9 Å². The number of hydrogen-bond donors (Lipinski definition) is 2. The summed E-state index contributed by atoms with van der Waals surface area (Å²) in [5.41, 5.74) is 4.36. The summed E-state index contributed by atoms with van der Waals surface area (Å²) in [5, 5.41) is 2.68. The number of halogens is 2. The Morgan fingerprint density at radius 1 is 1.28 bits per heavy atom. The molecule has 214 valence electrons. The van der Waals surface area contributed by atoms with Gasteiger partial charge in [-0.15, -0.1) is 0 Å². The van der Waals surface area contributed by atoms with E-state index in [9.17, 15) is 14.2 Å². The molecule has 1 aromatic heterocycles. The van der Waals surface area contributed by atoms with Gasteiger partial charge in [0, 0.05) is 12.6 Å². The van der Waals surface area contributed by atoms with E-state index in [0.29, 0.717) is 17.8 Å². The van der Waals surface area contributed by atoms with Gasteiger partial charge >= 0.3 is 25.3 Å². The number of nitrogen functional groups attached to an aromatic ring is 1. The predicted octanol–water partition coefficient (Wildman–Crippen LogP) is 2.23. The van der Waals surface area contributed by atoms with E-state index >= 15 is 8.78 Å². The van der Waals surface area contributed by atoms with Gasteiger partial charge in [-0.05, 0) is 25.1 Å². The third-order valence-electron chi connectivity index (χ3n) is 5.80. The minimum absolute atomic E-state index is 0.165. The average Bonchev–Trinajstić information content (AvgIpc) is 3.51. The van der Waals surface area contributed by atoms with Gasteiger partial charge in [0.2, 0.25) is 6.23 Å². The van der Waals surface area contributed by atoms with Crippen LogP contribution in [0, 0.1) is 0 Å². The molecule has 0 amide bonds. The summed E-state index contributed by atoms with van der Waals surface area (Å²) in [4.78, 5) is 27.8. The van der Waals surface area contributed by atoms with E-state index in [1.54, 1.807) is 25.1 Å². The van der Waals surface area contributed by atoms with E-state index in [1.165, 1.54) is 19.1 Å². The van der Waals surface area contributed by atoms with Crippen LogP contribution in [-0.4, -0.2) is 65.8 Å². The van der Waals surface area contributed by atoms with Crippen molar-refractivity contribution in [3.05, 3.63) is 53.1 Å². The number of anilines is 1. The van der Waals surface area contributed by atoms with Crippen LogP contribution < -0.4 is 21.0 Å². The van der Waals surface area contributed by atoms with E-state index < -0.39 is 62.7 Å². The molecule has 2 fully saturated rings. The average molecular weight is 574 g/mol. The Morgan fingerprint density at radius 2 is 1.97 bits per heavy atom. The van der Waals surface area contributed by atoms with Crippen molar-refractivity contribution in [1.82, 2.24) is 14.6 Å². The maximum absolute atomic E-state index is 15.5. The Labute approximate surface area is 222 Å². The summed E-state index contributed by atoms with van der Waals surface area (Å²) in [6, 6.07) is 8.46. The number of carbonyl (C=O) groups is 1. The van der Waals surface area contributed by atoms with Crippen molar-refractivity contribution in [2.24, 2.45) is 0 Å². The molecule has 16 heteroatoms. The fourth-order valence-electron chi connectivity index (χ4n) is 3.93. The highest BCUT2D eigenvalue weighted by Crippen LogP contribution is 2.49. The van der Waals surface area contributed by atoms with Gasteiger partial charge in [0.25, 0.3) is 0 Å². The van der Waals surface area contributed by atoms with Crippen LogP contribution in [0.4, 0.5) is 14.6 Å². The number of esters is 1. The molecule has 0 saturated carbocycles. The van der Waals surface area contributed by atoms with Crippen molar-refractivity contribution in [3.63, 3.8) is 0 Å². The lowest BCUT2D eigenvalue weighted by atomic mass is 10.1. The fraction of sp³-hybridized carbons (Fsp3) is 0.522. The van der Waals surface area contributed by atoms with Gasteiger partial charge in [0.15, 0.2) is 12.4 Å². The predicted molar refractivity (Wildman–Crippen MR) is 131 cm³/mol. The number of alkyl halides is 2. The molecule has 2 aliphatic rings. The third-order valence-corrected chi connectivity index (χ3v) is 7.46. The maximum atomic E-state index is 15.5. The first-order valence-electron chi connectivity index (χ1n) is 12.1. The molecule has 1 unspecified atom stereocenters. The van der Waals surface area contributed by atoms with Crippen molar-refractivity contribution in [3.8, 4) is 5.75 Å². The highest BCUT2D eigenvalue weighted by Gasteiger charge is 2.62. The molecule has 2 aromatic rings. The van der Waals surface area contributed by atoms with Crippen LogP contribution in [0.25, 0.3) is 0 Å². The Hall–Kier alpha value is -2.94. The van der Waals surface area contributed by atoms with E-state index in [4.69, 9.17) is 33.7 Å². The lowest BCUT2D eigenvalue weighted by molar-refractivity contribution is -0.176. The number of nitrogens with one attached hydrogen (secondary N) is 1. The molecular weight excluding hydrogens is 545 g/mol. The van der Waals surface area contributed by atoms with Crippen LogP contribution in [-0.2, 0) is 32.8 Å². The molecule has 4 rings (SSSR count). The molecule has 3 N–H and O–H groups in total. The van der Waals surface area contributed by atoms with Crippen molar-refractivity contribution < 1.29 is 46.1 Å². The first kappa shape index (κ1) is 29.1. The van der Waals surface area contributed by atoms with Crippen LogP contribution in [0.3, 0.4) is 0 Å². The standard InChI is InChI=1S/C23H29F2N4O9P/c1-3-18(30)37-19-16(36-21(23(19,24)25)29-10-9-17(26)27-22(29)31)13-35-39(32,38-15-7-5-4-6-8-15)28-14(2)20-33-11-12-34-20/h4-10,14,16,19-21H,3,11-13H2,1-2H3,(H,28,32)(H2,26,27,31)/t14-,16+,19+,21+,39?/m0/s1. The van der Waals surface area contributed by atoms with Gasteiger partial charge in [-0.25, -0.2) is 14.4 Å². The minimum atomic E-state index is -4.29. The van der Waals surface area contributed by atoms with Crippen LogP contribution in [0.15, 0.2) is 47.4 Å². The zero-order valence-corrected chi connectivity index (χ0v) is 22.0. The number of ether oxygens (including phenoxy) is 4. The molecule has 2 aliphatic heterocycles. The van der Waals surface area contributed by atoms with E-state index in [1.807, 2.05) is 0 Å². The highest BCUT2D eigenvalue weighted by molar-refractivity contribution is 7.52. The summed E-state index contributed by atoms with van der Waals surface area (Å²) in [6.45, 7) is 2.92. The zero-order chi connectivity index (χ0) is 28.2. The molecule has 0 spiro atoms. The van der Waals surface area contributed by atoms with Crippen molar-refractivity contribution in [1.29, 1.82) is 0 Å². The largest absolute Gasteiger partial charge is 0.459 e. The van der Waals surface area contributed by atoms with Gasteiger partial charge in [-0.3, -0.25) is 13.9 Å². The number of benzene rings is 1. The molecule has 39 heavy (non-hydrogen) atoms. The lowest BCUT2D eigenvalue weighted by Gasteiger charge is -2.27. The fourth-order valence-corrected chi connectivity index (χ4v) is 5.48. The van der Waals surface area contributed by atoms with Crippen LogP contribution in [0.1, 0.15) is 26.5 Å². The molecule has 0 aliphatic carbocycles. The summed E-state index contributed by atoms with van der Waals surface area (Å²) >= 11 is 0. The second kappa shape index (κ2) is 12.1. The van der Waals surface area contributed by atoms with Crippen LogP contribution >= 0.6 is 7.75 Å². The molecule has 0 radical (unpaired) electrons. The van der Waals surface area contributed by atoms with Crippen molar-refractivity contribution >= 4 is 19.5 Å². The Bertz CT molecular complexity index is 1250. The topological polar surface area (TPSA) is 162 Å². The summed E-state index contributed by atoms with van der Waals surface area (Å²) < 4.78 is 77.9. The number of aromatic nitrogens is 2. The summed E-state index contributed by atoms with van der Waals surface area (Å²) in [6.07, 6.45) is -6.05. The molecule has 13 nitrogen and oxygen atoms in total. The second-order valence-corrected chi connectivity index (χ2v) is 10.4. The Balaban J connectivity index is 1.59. The number of hydrogen-bond acceptors (Lipinski definition) is 11. The Morgan fingerprint density at radius 3 is 2.62 bits per heavy atom. The van der Waals surface area contributed by atoms with Crippen LogP contribution in [0.2, 0.25) is 0 Å². The third kappa shape index (κ3) is 6.80. The summed E-state index contributed by atoms with van der Waals surface area (Å²) in [5.74, 6) is -4.86. The smallest absolute Gasteiger partial charge is 0.453 e. The Kier molecular flexibility index (Phi) is 8.99. The van der Waals surface area contributed by atoms with Crippen LogP contribution in [0.5, 0.6) is 5.75 Å². The normalized spacial score (nSPS) is 25.2. The minimum Gasteiger partial charge on any atom is -0.453 e. The number of nitrogens with two attached hydrogens (primary N) is 1. The lowest BCUT2D eigenvalue weighted by Crippen LogP contribution is -2.45. The molecule has 1 aromatic carbocycles. The maximum Gasteiger partial charge on any atom is 0.459 e. The van der Waals surface area contributed by atoms with E-state index in [0.717, 1.165) is 12.3 Å². The first-order chi connectivity index (χ1) is 18.5. The number of rotatable bonds is 11.